The molecule has 3 heterocycles. The summed E-state index contributed by atoms with van der Waals surface area (Å²) in [5.41, 5.74) is 2.77. The largest absolute Gasteiger partial charge is 0.493 e. The summed E-state index contributed by atoms with van der Waals surface area (Å²) in [5.74, 6) is 1.95. The lowest BCUT2D eigenvalue weighted by Crippen LogP contribution is -2.37. The van der Waals surface area contributed by atoms with Gasteiger partial charge in [0.25, 0.3) is 5.91 Å². The van der Waals surface area contributed by atoms with Crippen LogP contribution in [0.1, 0.15) is 29.8 Å². The van der Waals surface area contributed by atoms with Crippen LogP contribution in [0.2, 0.25) is 5.02 Å². The number of methoxy groups -OCH3 is 1. The summed E-state index contributed by atoms with van der Waals surface area (Å²) >= 11 is 6.00. The van der Waals surface area contributed by atoms with Gasteiger partial charge >= 0.3 is 0 Å². The van der Waals surface area contributed by atoms with Gasteiger partial charge < -0.3 is 29.6 Å². The molecule has 0 unspecified atom stereocenters. The molecule has 1 saturated heterocycles. The van der Waals surface area contributed by atoms with Crippen LogP contribution in [0.4, 0.5) is 11.6 Å². The lowest BCUT2D eigenvalue weighted by Gasteiger charge is -2.26. The highest BCUT2D eigenvalue weighted by Gasteiger charge is 2.16. The van der Waals surface area contributed by atoms with Crippen molar-refractivity contribution in [3.63, 3.8) is 0 Å². The third-order valence-electron chi connectivity index (χ3n) is 6.62. The van der Waals surface area contributed by atoms with Crippen molar-refractivity contribution in [1.29, 1.82) is 0 Å². The number of nitrogens with one attached hydrogen (secondary N) is 2. The number of fused-ring (bicyclic) bond motifs is 1. The number of benzene rings is 2. The Hall–Kier alpha value is -3.82. The quantitative estimate of drug-likeness (QED) is 0.297. The topological polar surface area (TPSA) is 93.5 Å². The van der Waals surface area contributed by atoms with Crippen LogP contribution in [0, 0.1) is 0 Å². The fourth-order valence-electron chi connectivity index (χ4n) is 4.54. The third kappa shape index (κ3) is 6.00. The Bertz CT molecular complexity index is 1420. The van der Waals surface area contributed by atoms with Gasteiger partial charge in [0.2, 0.25) is 5.95 Å². The molecule has 2 N–H and O–H groups in total. The van der Waals surface area contributed by atoms with E-state index in [4.69, 9.17) is 26.1 Å². The molecule has 9 nitrogen and oxygen atoms in total. The lowest BCUT2D eigenvalue weighted by atomic mass is 10.1. The molecular formula is C28H31ClN6O3. The number of hydrogen-bond donors (Lipinski definition) is 2. The van der Waals surface area contributed by atoms with E-state index in [-0.39, 0.29) is 5.91 Å². The van der Waals surface area contributed by atoms with Crippen molar-refractivity contribution in [3.05, 3.63) is 65.4 Å². The van der Waals surface area contributed by atoms with Gasteiger partial charge in [-0.3, -0.25) is 9.78 Å². The standard InChI is InChI=1S/C28H31ClN6O3/c1-34-24-18-25(37-2)26(17-22(24)33-28(34)32-20-8-6-19(29)7-9-20)38-21-10-11-30-23(16-21)27(36)31-12-15-35-13-4-3-5-14-35/h6-11,16-18H,3-5,12-15H2,1-2H3,(H,31,36)(H,32,33). The number of nitrogens with zero attached hydrogens (tertiary/aromatic N) is 4. The van der Waals surface area contributed by atoms with E-state index in [1.807, 2.05) is 48.0 Å². The summed E-state index contributed by atoms with van der Waals surface area (Å²) in [7, 11) is 3.51. The van der Waals surface area contributed by atoms with E-state index in [1.165, 1.54) is 19.3 Å². The van der Waals surface area contributed by atoms with Crippen LogP contribution in [0.25, 0.3) is 11.0 Å². The van der Waals surface area contributed by atoms with Crippen LogP contribution < -0.4 is 20.1 Å². The second kappa shape index (κ2) is 11.7. The monoisotopic (exact) mass is 534 g/mol. The number of ether oxygens (including phenoxy) is 2. The molecule has 2 aromatic carbocycles. The minimum Gasteiger partial charge on any atom is -0.493 e. The zero-order chi connectivity index (χ0) is 26.5. The maximum atomic E-state index is 12.7. The van der Waals surface area contributed by atoms with Gasteiger partial charge in [-0.05, 0) is 56.3 Å². The van der Waals surface area contributed by atoms with Gasteiger partial charge in [-0.2, -0.15) is 0 Å². The van der Waals surface area contributed by atoms with Gasteiger partial charge in [0.1, 0.15) is 11.4 Å². The number of aromatic nitrogens is 3. The number of piperidine rings is 1. The molecule has 1 aliphatic rings. The van der Waals surface area contributed by atoms with E-state index in [0.29, 0.717) is 40.5 Å². The maximum Gasteiger partial charge on any atom is 0.270 e. The van der Waals surface area contributed by atoms with Crippen molar-refractivity contribution in [2.75, 3.05) is 38.6 Å². The number of carbonyl (C=O) groups excluding carboxylic acids is 1. The van der Waals surface area contributed by atoms with Crippen LogP contribution >= 0.6 is 11.6 Å². The maximum absolute atomic E-state index is 12.7. The van der Waals surface area contributed by atoms with E-state index in [2.05, 4.69) is 20.5 Å². The number of carbonyl (C=O) groups is 1. The van der Waals surface area contributed by atoms with E-state index in [0.717, 1.165) is 36.4 Å². The molecule has 38 heavy (non-hydrogen) atoms. The first-order valence-corrected chi connectivity index (χ1v) is 13.1. The summed E-state index contributed by atoms with van der Waals surface area (Å²) < 4.78 is 13.7. The highest BCUT2D eigenvalue weighted by molar-refractivity contribution is 6.30. The molecule has 0 saturated carbocycles. The fourth-order valence-corrected chi connectivity index (χ4v) is 4.67. The second-order valence-corrected chi connectivity index (χ2v) is 9.69. The highest BCUT2D eigenvalue weighted by atomic mass is 35.5. The molecule has 0 atom stereocenters. The Morgan fingerprint density at radius 1 is 1.05 bits per heavy atom. The van der Waals surface area contributed by atoms with Gasteiger partial charge in [-0.15, -0.1) is 0 Å². The Morgan fingerprint density at radius 3 is 2.61 bits per heavy atom. The number of rotatable bonds is 9. The van der Waals surface area contributed by atoms with E-state index in [9.17, 15) is 4.79 Å². The van der Waals surface area contributed by atoms with Crippen LogP contribution in [-0.4, -0.2) is 58.6 Å². The molecule has 198 valence electrons. The first-order chi connectivity index (χ1) is 18.5. The molecule has 2 aromatic heterocycles. The summed E-state index contributed by atoms with van der Waals surface area (Å²) in [6.45, 7) is 3.62. The van der Waals surface area contributed by atoms with Gasteiger partial charge in [0.15, 0.2) is 11.5 Å². The van der Waals surface area contributed by atoms with Crippen molar-refractivity contribution in [2.45, 2.75) is 19.3 Å². The predicted octanol–water partition coefficient (Wildman–Crippen LogP) is 5.38. The molecule has 5 rings (SSSR count). The fraction of sp³-hybridized carbons (Fsp3) is 0.321. The predicted molar refractivity (Wildman–Crippen MR) is 149 cm³/mol. The van der Waals surface area contributed by atoms with Gasteiger partial charge in [-0.25, -0.2) is 4.98 Å². The second-order valence-electron chi connectivity index (χ2n) is 9.26. The summed E-state index contributed by atoms with van der Waals surface area (Å²) in [6.07, 6.45) is 5.31. The minimum atomic E-state index is -0.225. The molecule has 0 radical (unpaired) electrons. The average Bonchev–Trinajstić information content (AvgIpc) is 3.23. The average molecular weight is 535 g/mol. The number of imidazole rings is 1. The molecule has 10 heteroatoms. The van der Waals surface area contributed by atoms with Crippen molar-refractivity contribution in [1.82, 2.24) is 24.8 Å². The Balaban J connectivity index is 1.30. The number of pyridine rings is 1. The number of anilines is 2. The summed E-state index contributed by atoms with van der Waals surface area (Å²) in [5, 5.41) is 6.94. The van der Waals surface area contributed by atoms with Crippen LogP contribution in [0.5, 0.6) is 17.2 Å². The van der Waals surface area contributed by atoms with Crippen molar-refractivity contribution >= 4 is 40.2 Å². The summed E-state index contributed by atoms with van der Waals surface area (Å²) in [6, 6.07) is 14.5. The number of aryl methyl sites for hydroxylation is 1. The van der Waals surface area contributed by atoms with E-state index < -0.39 is 0 Å². The normalized spacial score (nSPS) is 13.9. The number of likely N-dealkylation sites (tertiary alicyclic amines) is 1. The minimum absolute atomic E-state index is 0.225. The van der Waals surface area contributed by atoms with E-state index >= 15 is 0 Å². The van der Waals surface area contributed by atoms with Crippen LogP contribution in [0.3, 0.4) is 0 Å². The zero-order valence-corrected chi connectivity index (χ0v) is 22.3. The van der Waals surface area contributed by atoms with Gasteiger partial charge in [0.05, 0.1) is 18.1 Å². The van der Waals surface area contributed by atoms with Crippen molar-refractivity contribution in [2.24, 2.45) is 7.05 Å². The SMILES string of the molecule is COc1cc2c(cc1Oc1ccnc(C(=O)NCCN3CCCCC3)c1)nc(Nc1ccc(Cl)cc1)n2C. The van der Waals surface area contributed by atoms with Crippen LogP contribution in [-0.2, 0) is 7.05 Å². The Morgan fingerprint density at radius 2 is 1.84 bits per heavy atom. The summed E-state index contributed by atoms with van der Waals surface area (Å²) in [4.78, 5) is 24.0. The van der Waals surface area contributed by atoms with Crippen molar-refractivity contribution < 1.29 is 14.3 Å². The number of halogens is 1. The lowest BCUT2D eigenvalue weighted by molar-refractivity contribution is 0.0941. The smallest absolute Gasteiger partial charge is 0.270 e. The number of amides is 1. The van der Waals surface area contributed by atoms with Gasteiger partial charge in [-0.1, -0.05) is 18.0 Å². The molecule has 0 spiro atoms. The third-order valence-corrected chi connectivity index (χ3v) is 6.87. The molecular weight excluding hydrogens is 504 g/mol. The molecule has 0 aliphatic carbocycles. The van der Waals surface area contributed by atoms with E-state index in [1.54, 1.807) is 25.4 Å². The molecule has 1 aliphatic heterocycles. The number of hydrogen-bond acceptors (Lipinski definition) is 7. The Kier molecular flexibility index (Phi) is 7.95. The van der Waals surface area contributed by atoms with Crippen molar-refractivity contribution in [3.8, 4) is 17.2 Å². The molecule has 1 fully saturated rings. The first-order valence-electron chi connectivity index (χ1n) is 12.7. The molecule has 4 aromatic rings. The molecule has 1 amide bonds. The zero-order valence-electron chi connectivity index (χ0n) is 21.5. The molecule has 0 bridgehead atoms. The Labute approximate surface area is 226 Å². The van der Waals surface area contributed by atoms with Gasteiger partial charge in [0, 0.05) is 55.2 Å². The first kappa shape index (κ1) is 25.8. The highest BCUT2D eigenvalue weighted by Crippen LogP contribution is 2.36. The van der Waals surface area contributed by atoms with Crippen LogP contribution in [0.15, 0.2) is 54.7 Å².